The van der Waals surface area contributed by atoms with Crippen LogP contribution in [0.1, 0.15) is 43.6 Å². The van der Waals surface area contributed by atoms with Crippen molar-refractivity contribution in [3.05, 3.63) is 27.1 Å². The predicted octanol–water partition coefficient (Wildman–Crippen LogP) is 1.76. The Morgan fingerprint density at radius 1 is 1.43 bits per heavy atom. The van der Waals surface area contributed by atoms with Crippen LogP contribution in [0.5, 0.6) is 0 Å². The molecular weight excluding hydrogens is 398 g/mol. The van der Waals surface area contributed by atoms with E-state index in [4.69, 9.17) is 0 Å². The first-order valence-electron chi connectivity index (χ1n) is 9.82. The Hall–Kier alpha value is -1.74. The minimum absolute atomic E-state index is 0.00724. The number of amides is 1. The fourth-order valence-corrected chi connectivity index (χ4v) is 7.29. The van der Waals surface area contributed by atoms with Crippen molar-refractivity contribution in [2.45, 2.75) is 64.6 Å². The number of carbonyl (C=O) groups is 1. The molecule has 152 valence electrons. The molecule has 0 spiro atoms. The third-order valence-corrected chi connectivity index (χ3v) is 8.90. The summed E-state index contributed by atoms with van der Waals surface area (Å²) in [5.74, 6) is -0.0914. The minimum atomic E-state index is -3.10. The molecule has 0 N–H and O–H groups in total. The number of carbonyl (C=O) groups excluding carboxylic acids is 1. The van der Waals surface area contributed by atoms with Crippen LogP contribution in [0, 0.1) is 0 Å². The first-order chi connectivity index (χ1) is 13.3. The van der Waals surface area contributed by atoms with Crippen molar-refractivity contribution in [3.63, 3.8) is 0 Å². The lowest BCUT2D eigenvalue weighted by atomic mass is 10.1. The van der Waals surface area contributed by atoms with Crippen molar-refractivity contribution in [2.24, 2.45) is 0 Å². The summed E-state index contributed by atoms with van der Waals surface area (Å²) in [6.45, 7) is 3.80. The predicted molar refractivity (Wildman–Crippen MR) is 110 cm³/mol. The largest absolute Gasteiger partial charge is 0.334 e. The highest BCUT2D eigenvalue weighted by Crippen LogP contribution is 2.34. The van der Waals surface area contributed by atoms with E-state index in [1.165, 1.54) is 15.8 Å². The average molecular weight is 424 g/mol. The normalized spacial score (nSPS) is 21.7. The van der Waals surface area contributed by atoms with E-state index in [9.17, 15) is 18.0 Å². The van der Waals surface area contributed by atoms with Gasteiger partial charge in [-0.3, -0.25) is 14.2 Å². The van der Waals surface area contributed by atoms with E-state index in [0.717, 1.165) is 36.1 Å². The van der Waals surface area contributed by atoms with Crippen LogP contribution in [-0.2, 0) is 34.0 Å². The van der Waals surface area contributed by atoms with Crippen LogP contribution in [-0.4, -0.2) is 52.4 Å². The molecule has 0 aromatic carbocycles. The van der Waals surface area contributed by atoms with Gasteiger partial charge in [-0.2, -0.15) is 0 Å². The molecule has 2 aromatic heterocycles. The van der Waals surface area contributed by atoms with E-state index < -0.39 is 9.84 Å². The molecule has 1 amide bonds. The van der Waals surface area contributed by atoms with Gasteiger partial charge in [0.15, 0.2) is 9.84 Å². The zero-order valence-corrected chi connectivity index (χ0v) is 17.8. The summed E-state index contributed by atoms with van der Waals surface area (Å²) in [4.78, 5) is 34.2. The number of hydrogen-bond acceptors (Lipinski definition) is 6. The van der Waals surface area contributed by atoms with Gasteiger partial charge in [-0.15, -0.1) is 11.3 Å². The standard InChI is InChI=1S/C19H25N3O4S2/c1-3-12(2)22(13-7-8-28(25,26)10-13)16(23)9-21-11-20-18-17(19(21)24)14-5-4-6-15(14)27-18/h11-13H,3-10H2,1-2H3/t12-,13+/m1/s1. The quantitative estimate of drug-likeness (QED) is 0.731. The van der Waals surface area contributed by atoms with Crippen LogP contribution in [0.15, 0.2) is 11.1 Å². The van der Waals surface area contributed by atoms with E-state index in [1.54, 1.807) is 16.2 Å². The summed E-state index contributed by atoms with van der Waals surface area (Å²) in [6, 6.07) is -0.395. The Balaban J connectivity index is 1.64. The Kier molecular flexibility index (Phi) is 5.07. The van der Waals surface area contributed by atoms with Gasteiger partial charge in [0.2, 0.25) is 5.91 Å². The number of fused-ring (bicyclic) bond motifs is 3. The van der Waals surface area contributed by atoms with Gasteiger partial charge in [-0.1, -0.05) is 6.92 Å². The number of aryl methyl sites for hydroxylation is 2. The summed E-state index contributed by atoms with van der Waals surface area (Å²) in [6.07, 6.45) is 5.59. The molecule has 0 bridgehead atoms. The number of thiophene rings is 1. The maximum absolute atomic E-state index is 13.1. The second kappa shape index (κ2) is 7.26. The average Bonchev–Trinajstić information content (AvgIpc) is 3.31. The van der Waals surface area contributed by atoms with Crippen molar-refractivity contribution >= 4 is 37.3 Å². The summed E-state index contributed by atoms with van der Waals surface area (Å²) < 4.78 is 25.2. The molecule has 2 aliphatic rings. The first-order valence-corrected chi connectivity index (χ1v) is 12.5. The zero-order valence-electron chi connectivity index (χ0n) is 16.2. The lowest BCUT2D eigenvalue weighted by molar-refractivity contribution is -0.136. The minimum Gasteiger partial charge on any atom is -0.334 e. The number of aromatic nitrogens is 2. The molecule has 2 atom stereocenters. The molecule has 0 radical (unpaired) electrons. The molecular formula is C19H25N3O4S2. The third kappa shape index (κ3) is 3.39. The monoisotopic (exact) mass is 423 g/mol. The fraction of sp³-hybridized carbons (Fsp3) is 0.632. The molecule has 4 rings (SSSR count). The summed E-state index contributed by atoms with van der Waals surface area (Å²) in [5, 5.41) is 0.659. The fourth-order valence-electron chi connectivity index (χ4n) is 4.36. The Labute approximate surface area is 168 Å². The Morgan fingerprint density at radius 3 is 2.89 bits per heavy atom. The molecule has 28 heavy (non-hydrogen) atoms. The third-order valence-electron chi connectivity index (χ3n) is 5.95. The van der Waals surface area contributed by atoms with Gasteiger partial charge in [0.25, 0.3) is 5.56 Å². The van der Waals surface area contributed by atoms with Crippen molar-refractivity contribution < 1.29 is 13.2 Å². The molecule has 1 saturated heterocycles. The van der Waals surface area contributed by atoms with Crippen LogP contribution in [0.4, 0.5) is 0 Å². The van der Waals surface area contributed by atoms with Crippen molar-refractivity contribution in [2.75, 3.05) is 11.5 Å². The second-order valence-electron chi connectivity index (χ2n) is 7.83. The highest BCUT2D eigenvalue weighted by atomic mass is 32.2. The Morgan fingerprint density at radius 2 is 2.21 bits per heavy atom. The molecule has 9 heteroatoms. The maximum atomic E-state index is 13.1. The van der Waals surface area contributed by atoms with Crippen molar-refractivity contribution in [1.29, 1.82) is 0 Å². The first kappa shape index (κ1) is 19.6. The highest BCUT2D eigenvalue weighted by Gasteiger charge is 2.36. The van der Waals surface area contributed by atoms with Crippen molar-refractivity contribution in [3.8, 4) is 0 Å². The molecule has 7 nitrogen and oxygen atoms in total. The van der Waals surface area contributed by atoms with E-state index >= 15 is 0 Å². The van der Waals surface area contributed by atoms with Gasteiger partial charge < -0.3 is 4.90 Å². The van der Waals surface area contributed by atoms with Gasteiger partial charge in [0, 0.05) is 17.0 Å². The van der Waals surface area contributed by atoms with Crippen LogP contribution >= 0.6 is 11.3 Å². The molecule has 0 unspecified atom stereocenters. The number of nitrogens with zero attached hydrogens (tertiary/aromatic N) is 3. The van der Waals surface area contributed by atoms with E-state index in [0.29, 0.717) is 11.8 Å². The smallest absolute Gasteiger partial charge is 0.262 e. The van der Waals surface area contributed by atoms with Crippen LogP contribution < -0.4 is 5.56 Å². The Bertz CT molecular complexity index is 1090. The highest BCUT2D eigenvalue weighted by molar-refractivity contribution is 7.91. The van der Waals surface area contributed by atoms with Crippen LogP contribution in [0.2, 0.25) is 0 Å². The molecule has 1 fully saturated rings. The molecule has 1 aliphatic heterocycles. The van der Waals surface area contributed by atoms with Gasteiger partial charge in [0.05, 0.1) is 23.2 Å². The van der Waals surface area contributed by atoms with E-state index in [-0.39, 0.29) is 41.6 Å². The van der Waals surface area contributed by atoms with Gasteiger partial charge in [-0.25, -0.2) is 13.4 Å². The van der Waals surface area contributed by atoms with Crippen LogP contribution in [0.3, 0.4) is 0 Å². The van der Waals surface area contributed by atoms with Crippen molar-refractivity contribution in [1.82, 2.24) is 14.5 Å². The van der Waals surface area contributed by atoms with Gasteiger partial charge >= 0.3 is 0 Å². The summed E-state index contributed by atoms with van der Waals surface area (Å²) >= 11 is 1.58. The molecule has 2 aromatic rings. The van der Waals surface area contributed by atoms with Gasteiger partial charge in [-0.05, 0) is 44.6 Å². The number of sulfone groups is 1. The lowest BCUT2D eigenvalue weighted by Crippen LogP contribution is -2.48. The number of rotatable bonds is 5. The van der Waals surface area contributed by atoms with E-state index in [2.05, 4.69) is 4.98 Å². The molecule has 3 heterocycles. The summed E-state index contributed by atoms with van der Waals surface area (Å²) in [5.41, 5.74) is 0.931. The van der Waals surface area contributed by atoms with Gasteiger partial charge in [0.1, 0.15) is 11.4 Å². The summed E-state index contributed by atoms with van der Waals surface area (Å²) in [7, 11) is -3.10. The second-order valence-corrected chi connectivity index (χ2v) is 11.1. The number of hydrogen-bond donors (Lipinski definition) is 0. The SMILES string of the molecule is CC[C@@H](C)N(C(=O)Cn1cnc2sc3c(c2c1=O)CCC3)[C@H]1CCS(=O)(=O)C1. The van der Waals surface area contributed by atoms with E-state index in [1.807, 2.05) is 13.8 Å². The zero-order chi connectivity index (χ0) is 20.1. The lowest BCUT2D eigenvalue weighted by Gasteiger charge is -2.33. The molecule has 1 aliphatic carbocycles. The topological polar surface area (TPSA) is 89.3 Å². The van der Waals surface area contributed by atoms with Crippen LogP contribution in [0.25, 0.3) is 10.2 Å². The maximum Gasteiger partial charge on any atom is 0.262 e. The molecule has 0 saturated carbocycles.